The molecule has 0 heterocycles. The molecule has 0 atom stereocenters. The summed E-state index contributed by atoms with van der Waals surface area (Å²) in [6, 6.07) is 5.01. The lowest BCUT2D eigenvalue weighted by Gasteiger charge is -2.12. The van der Waals surface area contributed by atoms with Crippen molar-refractivity contribution < 1.29 is 36.2 Å². The molecule has 0 unspecified atom stereocenters. The number of phenolic OH excluding ortho intramolecular Hbond substituents is 1. The minimum absolute atomic E-state index is 0.0159. The average Bonchev–Trinajstić information content (AvgIpc) is 2.52. The molecule has 0 aliphatic carbocycles. The van der Waals surface area contributed by atoms with Crippen molar-refractivity contribution in [1.29, 1.82) is 0 Å². The van der Waals surface area contributed by atoms with Gasteiger partial charge in [-0.25, -0.2) is 0 Å². The molecule has 2 rings (SSSR count). The van der Waals surface area contributed by atoms with Gasteiger partial charge in [0.1, 0.15) is 11.5 Å². The molecule has 0 amide bonds. The van der Waals surface area contributed by atoms with Crippen LogP contribution in [0.15, 0.2) is 41.4 Å². The number of hydrogen-bond donors (Lipinski definition) is 1. The molecule has 25 heavy (non-hydrogen) atoms. The van der Waals surface area contributed by atoms with E-state index in [2.05, 4.69) is 4.99 Å². The summed E-state index contributed by atoms with van der Waals surface area (Å²) in [6.07, 6.45) is -8.96. The Morgan fingerprint density at radius 3 is 1.96 bits per heavy atom. The van der Waals surface area contributed by atoms with Crippen LogP contribution in [0.5, 0.6) is 11.5 Å². The monoisotopic (exact) mass is 363 g/mol. The van der Waals surface area contributed by atoms with E-state index in [0.717, 1.165) is 6.21 Å². The number of ether oxygens (including phenoxy) is 1. The van der Waals surface area contributed by atoms with E-state index in [0.29, 0.717) is 17.9 Å². The lowest BCUT2D eigenvalue weighted by atomic mass is 10.1. The van der Waals surface area contributed by atoms with Gasteiger partial charge in [0, 0.05) is 11.8 Å². The smallest absolute Gasteiger partial charge is 0.416 e. The predicted octanol–water partition coefficient (Wildman–Crippen LogP) is 5.19. The second-order valence-electron chi connectivity index (χ2n) is 4.95. The fraction of sp³-hybridized carbons (Fsp3) is 0.188. The van der Waals surface area contributed by atoms with E-state index in [9.17, 15) is 31.4 Å². The molecule has 134 valence electrons. The second kappa shape index (κ2) is 6.66. The number of halogens is 6. The highest BCUT2D eigenvalue weighted by Crippen LogP contribution is 2.38. The van der Waals surface area contributed by atoms with Gasteiger partial charge in [-0.3, -0.25) is 4.99 Å². The summed E-state index contributed by atoms with van der Waals surface area (Å²) >= 11 is 0. The van der Waals surface area contributed by atoms with E-state index in [1.807, 2.05) is 0 Å². The number of benzene rings is 2. The first-order valence-electron chi connectivity index (χ1n) is 6.71. The van der Waals surface area contributed by atoms with Crippen LogP contribution in [-0.4, -0.2) is 18.4 Å². The Kier molecular flexibility index (Phi) is 4.96. The van der Waals surface area contributed by atoms with Crippen LogP contribution < -0.4 is 4.74 Å². The van der Waals surface area contributed by atoms with Crippen molar-refractivity contribution in [2.75, 3.05) is 7.11 Å². The van der Waals surface area contributed by atoms with Crippen LogP contribution in [-0.2, 0) is 12.4 Å². The molecular weight excluding hydrogens is 352 g/mol. The molecule has 0 saturated carbocycles. The molecule has 0 bridgehead atoms. The molecular formula is C16H11F6NO2. The van der Waals surface area contributed by atoms with Gasteiger partial charge in [0.2, 0.25) is 0 Å². The Morgan fingerprint density at radius 2 is 1.48 bits per heavy atom. The van der Waals surface area contributed by atoms with Gasteiger partial charge in [-0.05, 0) is 36.4 Å². The van der Waals surface area contributed by atoms with Crippen molar-refractivity contribution in [2.24, 2.45) is 4.99 Å². The molecule has 0 spiro atoms. The number of hydrogen-bond acceptors (Lipinski definition) is 3. The van der Waals surface area contributed by atoms with Crippen LogP contribution in [0.3, 0.4) is 0 Å². The maximum Gasteiger partial charge on any atom is 0.416 e. The Bertz CT molecular complexity index is 764. The lowest BCUT2D eigenvalue weighted by Crippen LogP contribution is -2.10. The van der Waals surface area contributed by atoms with Crippen LogP contribution >= 0.6 is 0 Å². The van der Waals surface area contributed by atoms with Crippen molar-refractivity contribution in [3.8, 4) is 11.5 Å². The minimum Gasteiger partial charge on any atom is -0.507 e. The van der Waals surface area contributed by atoms with Gasteiger partial charge in [0.15, 0.2) is 0 Å². The van der Waals surface area contributed by atoms with Gasteiger partial charge < -0.3 is 9.84 Å². The Hall–Kier alpha value is -2.71. The third kappa shape index (κ3) is 4.65. The number of nitrogens with zero attached hydrogens (tertiary/aromatic N) is 1. The summed E-state index contributed by atoms with van der Waals surface area (Å²) in [5.41, 5.74) is -3.41. The van der Waals surface area contributed by atoms with Gasteiger partial charge in [0.05, 0.1) is 23.9 Å². The first kappa shape index (κ1) is 18.6. The van der Waals surface area contributed by atoms with Crippen molar-refractivity contribution in [3.63, 3.8) is 0 Å². The summed E-state index contributed by atoms with van der Waals surface area (Å²) in [5.74, 6) is 0.0758. The highest BCUT2D eigenvalue weighted by molar-refractivity contribution is 5.86. The van der Waals surface area contributed by atoms with Crippen LogP contribution in [0.2, 0.25) is 0 Å². The molecule has 0 aliphatic heterocycles. The standard InChI is InChI=1S/C16H11F6NO2/c1-25-13-2-3-14(24)9(4-13)8-23-12-6-10(15(17,18)19)5-11(7-12)16(20,21)22/h2-8,24H,1H3. The van der Waals surface area contributed by atoms with E-state index in [-0.39, 0.29) is 17.4 Å². The molecule has 0 aromatic heterocycles. The number of rotatable bonds is 3. The molecule has 0 aliphatic rings. The van der Waals surface area contributed by atoms with Crippen LogP contribution in [0, 0.1) is 0 Å². The van der Waals surface area contributed by atoms with Crippen LogP contribution in [0.25, 0.3) is 0 Å². The molecule has 1 N–H and O–H groups in total. The Labute approximate surface area is 138 Å². The predicted molar refractivity (Wildman–Crippen MR) is 78.4 cm³/mol. The van der Waals surface area contributed by atoms with Gasteiger partial charge in [-0.15, -0.1) is 0 Å². The molecule has 3 nitrogen and oxygen atoms in total. The lowest BCUT2D eigenvalue weighted by molar-refractivity contribution is -0.143. The zero-order chi connectivity index (χ0) is 18.8. The maximum absolute atomic E-state index is 12.8. The van der Waals surface area contributed by atoms with Crippen molar-refractivity contribution in [2.45, 2.75) is 12.4 Å². The average molecular weight is 363 g/mol. The Balaban J connectivity index is 2.48. The summed E-state index contributed by atoms with van der Waals surface area (Å²) in [6.45, 7) is 0. The normalized spacial score (nSPS) is 12.6. The highest BCUT2D eigenvalue weighted by atomic mass is 19.4. The van der Waals surface area contributed by atoms with Crippen molar-refractivity contribution in [3.05, 3.63) is 53.1 Å². The van der Waals surface area contributed by atoms with E-state index >= 15 is 0 Å². The quantitative estimate of drug-likeness (QED) is 0.602. The molecule has 0 radical (unpaired) electrons. The fourth-order valence-corrected chi connectivity index (χ4v) is 1.92. The highest BCUT2D eigenvalue weighted by Gasteiger charge is 2.36. The molecule has 2 aromatic carbocycles. The second-order valence-corrected chi connectivity index (χ2v) is 4.95. The first-order chi connectivity index (χ1) is 11.5. The SMILES string of the molecule is COc1ccc(O)c(C=Nc2cc(C(F)(F)F)cc(C(F)(F)F)c2)c1. The van der Waals surface area contributed by atoms with Gasteiger partial charge in [0.25, 0.3) is 0 Å². The molecule has 0 saturated heterocycles. The zero-order valence-corrected chi connectivity index (χ0v) is 12.6. The van der Waals surface area contributed by atoms with Gasteiger partial charge >= 0.3 is 12.4 Å². The zero-order valence-electron chi connectivity index (χ0n) is 12.6. The van der Waals surface area contributed by atoms with E-state index < -0.39 is 29.2 Å². The summed E-state index contributed by atoms with van der Waals surface area (Å²) < 4.78 is 81.6. The third-order valence-electron chi connectivity index (χ3n) is 3.16. The fourth-order valence-electron chi connectivity index (χ4n) is 1.92. The van der Waals surface area contributed by atoms with Crippen LogP contribution in [0.1, 0.15) is 16.7 Å². The number of aromatic hydroxyl groups is 1. The maximum atomic E-state index is 12.8. The molecule has 2 aromatic rings. The summed E-state index contributed by atoms with van der Waals surface area (Å²) in [7, 11) is 1.36. The van der Waals surface area contributed by atoms with E-state index in [1.165, 1.54) is 25.3 Å². The van der Waals surface area contributed by atoms with Crippen molar-refractivity contribution >= 4 is 11.9 Å². The minimum atomic E-state index is -4.95. The van der Waals surface area contributed by atoms with Gasteiger partial charge in [-0.1, -0.05) is 0 Å². The van der Waals surface area contributed by atoms with E-state index in [4.69, 9.17) is 4.74 Å². The van der Waals surface area contributed by atoms with E-state index in [1.54, 1.807) is 0 Å². The first-order valence-corrected chi connectivity index (χ1v) is 6.71. The third-order valence-corrected chi connectivity index (χ3v) is 3.16. The van der Waals surface area contributed by atoms with Gasteiger partial charge in [-0.2, -0.15) is 26.3 Å². The molecule has 0 fully saturated rings. The number of methoxy groups -OCH3 is 1. The Morgan fingerprint density at radius 1 is 0.920 bits per heavy atom. The number of phenols is 1. The number of alkyl halides is 6. The summed E-state index contributed by atoms with van der Waals surface area (Å²) in [4.78, 5) is 3.62. The topological polar surface area (TPSA) is 41.8 Å². The number of aliphatic imine (C=N–C) groups is 1. The largest absolute Gasteiger partial charge is 0.507 e. The van der Waals surface area contributed by atoms with Crippen molar-refractivity contribution in [1.82, 2.24) is 0 Å². The summed E-state index contributed by atoms with van der Waals surface area (Å²) in [5, 5.41) is 9.67. The molecule has 9 heteroatoms. The van der Waals surface area contributed by atoms with Crippen LogP contribution in [0.4, 0.5) is 32.0 Å².